The minimum atomic E-state index is -0.128. The first-order chi connectivity index (χ1) is 13.8. The average Bonchev–Trinajstić information content (AvgIpc) is 3.21. The molecule has 3 aromatic carbocycles. The van der Waals surface area contributed by atoms with E-state index in [2.05, 4.69) is 28.5 Å². The number of aryl methyl sites for hydroxylation is 2. The molecule has 0 fully saturated rings. The molecule has 1 aromatic heterocycles. The highest BCUT2D eigenvalue weighted by Crippen LogP contribution is 2.30. The maximum Gasteiger partial charge on any atom is 0.257 e. The Morgan fingerprint density at radius 2 is 1.71 bits per heavy atom. The summed E-state index contributed by atoms with van der Waals surface area (Å²) in [5, 5.41) is 7.78. The Bertz CT molecular complexity index is 1180. The molecule has 4 aromatic rings. The first-order valence-electron chi connectivity index (χ1n) is 9.64. The van der Waals surface area contributed by atoms with E-state index in [1.165, 1.54) is 41.7 Å². The van der Waals surface area contributed by atoms with E-state index in [0.29, 0.717) is 10.7 Å². The predicted molar refractivity (Wildman–Crippen MR) is 116 cm³/mol. The zero-order valence-corrected chi connectivity index (χ0v) is 16.3. The lowest BCUT2D eigenvalue weighted by Crippen LogP contribution is -2.11. The highest BCUT2D eigenvalue weighted by molar-refractivity contribution is 7.14. The van der Waals surface area contributed by atoms with Gasteiger partial charge in [-0.15, -0.1) is 11.3 Å². The van der Waals surface area contributed by atoms with Crippen molar-refractivity contribution >= 4 is 33.1 Å². The van der Waals surface area contributed by atoms with E-state index in [1.54, 1.807) is 0 Å². The van der Waals surface area contributed by atoms with Gasteiger partial charge in [-0.3, -0.25) is 10.1 Å². The van der Waals surface area contributed by atoms with E-state index >= 15 is 0 Å². The van der Waals surface area contributed by atoms with Gasteiger partial charge in [0.1, 0.15) is 0 Å². The van der Waals surface area contributed by atoms with Gasteiger partial charge in [-0.2, -0.15) is 0 Å². The van der Waals surface area contributed by atoms with Gasteiger partial charge in [0.05, 0.1) is 5.69 Å². The fraction of sp³-hybridized carbons (Fsp3) is 0.167. The van der Waals surface area contributed by atoms with Gasteiger partial charge in [0, 0.05) is 16.5 Å². The summed E-state index contributed by atoms with van der Waals surface area (Å²) in [5.74, 6) is -0.128. The van der Waals surface area contributed by atoms with Crippen molar-refractivity contribution in [3.63, 3.8) is 0 Å². The van der Waals surface area contributed by atoms with Crippen LogP contribution in [0.5, 0.6) is 0 Å². The summed E-state index contributed by atoms with van der Waals surface area (Å²) in [7, 11) is 0. The molecule has 1 N–H and O–H groups in total. The Balaban J connectivity index is 1.36. The van der Waals surface area contributed by atoms with Crippen LogP contribution in [0.3, 0.4) is 0 Å². The molecule has 1 heterocycles. The predicted octanol–water partition coefficient (Wildman–Crippen LogP) is 6.09. The zero-order chi connectivity index (χ0) is 18.9. The Hall–Kier alpha value is -2.98. The highest BCUT2D eigenvalue weighted by atomic mass is 32.1. The van der Waals surface area contributed by atoms with Gasteiger partial charge in [-0.1, -0.05) is 42.5 Å². The van der Waals surface area contributed by atoms with Crippen molar-refractivity contribution in [2.24, 2.45) is 0 Å². The van der Waals surface area contributed by atoms with Crippen LogP contribution in [0.4, 0.5) is 5.13 Å². The Labute approximate surface area is 168 Å². The molecule has 0 spiro atoms. The van der Waals surface area contributed by atoms with Gasteiger partial charge in [0.15, 0.2) is 5.13 Å². The minimum absolute atomic E-state index is 0.128. The molecule has 0 saturated carbocycles. The fourth-order valence-corrected chi connectivity index (χ4v) is 4.57. The smallest absolute Gasteiger partial charge is 0.257 e. The number of carbonyl (C=O) groups excluding carboxylic acids is 1. The second-order valence-electron chi connectivity index (χ2n) is 7.24. The lowest BCUT2D eigenvalue weighted by atomic mass is 9.90. The summed E-state index contributed by atoms with van der Waals surface area (Å²) in [4.78, 5) is 17.3. The molecule has 0 radical (unpaired) electrons. The van der Waals surface area contributed by atoms with Gasteiger partial charge in [-0.05, 0) is 65.8 Å². The molecule has 0 atom stereocenters. The van der Waals surface area contributed by atoms with Gasteiger partial charge >= 0.3 is 0 Å². The number of benzene rings is 3. The Morgan fingerprint density at radius 3 is 2.61 bits per heavy atom. The number of nitrogens with zero attached hydrogens (tertiary/aromatic N) is 1. The molecule has 0 unspecified atom stereocenters. The third-order valence-corrected chi connectivity index (χ3v) is 6.14. The average molecular weight is 385 g/mol. The molecule has 0 bridgehead atoms. The second-order valence-corrected chi connectivity index (χ2v) is 8.10. The minimum Gasteiger partial charge on any atom is -0.298 e. The van der Waals surface area contributed by atoms with Gasteiger partial charge in [0.2, 0.25) is 0 Å². The van der Waals surface area contributed by atoms with Crippen LogP contribution in [0.2, 0.25) is 0 Å². The van der Waals surface area contributed by atoms with Crippen molar-refractivity contribution in [3.8, 4) is 11.3 Å². The summed E-state index contributed by atoms with van der Waals surface area (Å²) in [5.41, 5.74) is 5.60. The molecule has 1 aliphatic carbocycles. The number of carbonyl (C=O) groups is 1. The van der Waals surface area contributed by atoms with Gasteiger partial charge in [-0.25, -0.2) is 4.98 Å². The molecular weight excluding hydrogens is 364 g/mol. The van der Waals surface area contributed by atoms with E-state index in [1.807, 2.05) is 47.8 Å². The van der Waals surface area contributed by atoms with Crippen LogP contribution >= 0.6 is 11.3 Å². The molecule has 28 heavy (non-hydrogen) atoms. The molecule has 1 aliphatic rings. The van der Waals surface area contributed by atoms with Crippen molar-refractivity contribution in [3.05, 3.63) is 82.7 Å². The van der Waals surface area contributed by atoms with Crippen LogP contribution < -0.4 is 5.32 Å². The zero-order valence-electron chi connectivity index (χ0n) is 15.4. The number of fused-ring (bicyclic) bond motifs is 2. The standard InChI is InChI=1S/C24H20N2OS/c27-23(21-12-10-17-6-2-4-8-19(17)14-21)26-24-25-22(15-28-24)20-11-9-16-5-1-3-7-18(16)13-20/h2,4,6,8-15H,1,3,5,7H2,(H,25,26,27). The maximum absolute atomic E-state index is 12.7. The lowest BCUT2D eigenvalue weighted by Gasteiger charge is -2.16. The summed E-state index contributed by atoms with van der Waals surface area (Å²) < 4.78 is 0. The van der Waals surface area contributed by atoms with Gasteiger partial charge in [0.25, 0.3) is 5.91 Å². The maximum atomic E-state index is 12.7. The molecule has 4 heteroatoms. The Kier molecular flexibility index (Phi) is 4.41. The molecule has 1 amide bonds. The van der Waals surface area contributed by atoms with Crippen molar-refractivity contribution in [1.82, 2.24) is 4.98 Å². The third-order valence-electron chi connectivity index (χ3n) is 5.38. The first kappa shape index (κ1) is 17.1. The second kappa shape index (κ2) is 7.21. The summed E-state index contributed by atoms with van der Waals surface area (Å²) in [6.45, 7) is 0. The molecule has 0 aliphatic heterocycles. The number of anilines is 1. The quantitative estimate of drug-likeness (QED) is 0.464. The SMILES string of the molecule is O=C(Nc1nc(-c2ccc3c(c2)CCCC3)cs1)c1ccc2ccccc2c1. The van der Waals surface area contributed by atoms with Crippen LogP contribution in [0.1, 0.15) is 34.3 Å². The van der Waals surface area contributed by atoms with Crippen LogP contribution in [0.15, 0.2) is 66.0 Å². The number of hydrogen-bond donors (Lipinski definition) is 1. The van der Waals surface area contributed by atoms with Crippen molar-refractivity contribution in [1.29, 1.82) is 0 Å². The van der Waals surface area contributed by atoms with E-state index in [-0.39, 0.29) is 5.91 Å². The number of nitrogens with one attached hydrogen (secondary N) is 1. The number of amides is 1. The van der Waals surface area contributed by atoms with E-state index in [0.717, 1.165) is 28.5 Å². The lowest BCUT2D eigenvalue weighted by molar-refractivity contribution is 0.102. The molecular formula is C24H20N2OS. The topological polar surface area (TPSA) is 42.0 Å². The van der Waals surface area contributed by atoms with Crippen molar-refractivity contribution < 1.29 is 4.79 Å². The summed E-state index contributed by atoms with van der Waals surface area (Å²) in [6.07, 6.45) is 4.88. The first-order valence-corrected chi connectivity index (χ1v) is 10.5. The monoisotopic (exact) mass is 384 g/mol. The highest BCUT2D eigenvalue weighted by Gasteiger charge is 2.13. The van der Waals surface area contributed by atoms with Crippen LogP contribution in [0.25, 0.3) is 22.0 Å². The summed E-state index contributed by atoms with van der Waals surface area (Å²) >= 11 is 1.47. The van der Waals surface area contributed by atoms with E-state index in [9.17, 15) is 4.79 Å². The molecule has 138 valence electrons. The fourth-order valence-electron chi connectivity index (χ4n) is 3.86. The van der Waals surface area contributed by atoms with Crippen LogP contribution in [0, 0.1) is 0 Å². The van der Waals surface area contributed by atoms with Crippen LogP contribution in [-0.2, 0) is 12.8 Å². The normalized spacial score (nSPS) is 13.3. The number of aromatic nitrogens is 1. The summed E-state index contributed by atoms with van der Waals surface area (Å²) in [6, 6.07) is 20.4. The molecule has 5 rings (SSSR count). The van der Waals surface area contributed by atoms with Crippen molar-refractivity contribution in [2.45, 2.75) is 25.7 Å². The van der Waals surface area contributed by atoms with Gasteiger partial charge < -0.3 is 0 Å². The number of hydrogen-bond acceptors (Lipinski definition) is 3. The number of rotatable bonds is 3. The molecule has 0 saturated heterocycles. The molecule has 3 nitrogen and oxygen atoms in total. The van der Waals surface area contributed by atoms with Crippen molar-refractivity contribution in [2.75, 3.05) is 5.32 Å². The van der Waals surface area contributed by atoms with E-state index < -0.39 is 0 Å². The number of thiazole rings is 1. The van der Waals surface area contributed by atoms with E-state index in [4.69, 9.17) is 0 Å². The third kappa shape index (κ3) is 3.32. The largest absolute Gasteiger partial charge is 0.298 e. The van der Waals surface area contributed by atoms with Crippen LogP contribution in [-0.4, -0.2) is 10.9 Å². The Morgan fingerprint density at radius 1 is 0.893 bits per heavy atom.